The summed E-state index contributed by atoms with van der Waals surface area (Å²) in [6.07, 6.45) is 0. The first-order chi connectivity index (χ1) is 11.5. The van der Waals surface area contributed by atoms with Crippen molar-refractivity contribution in [3.8, 4) is 0 Å². The summed E-state index contributed by atoms with van der Waals surface area (Å²) in [7, 11) is 1.27. The molecule has 0 aliphatic carbocycles. The van der Waals surface area contributed by atoms with Gasteiger partial charge in [-0.1, -0.05) is 0 Å². The maximum absolute atomic E-state index is 12.0. The first-order valence-electron chi connectivity index (χ1n) is 7.06. The van der Waals surface area contributed by atoms with Gasteiger partial charge < -0.3 is 14.8 Å². The Bertz CT molecular complexity index is 749. The van der Waals surface area contributed by atoms with E-state index in [4.69, 9.17) is 4.74 Å². The second-order valence-electron chi connectivity index (χ2n) is 4.53. The van der Waals surface area contributed by atoms with Gasteiger partial charge in [-0.3, -0.25) is 5.32 Å². The molecule has 0 saturated carbocycles. The third-order valence-corrected chi connectivity index (χ3v) is 3.78. The summed E-state index contributed by atoms with van der Waals surface area (Å²) in [6, 6.07) is 7.34. The molecule has 0 spiro atoms. The molecule has 130 valence electrons. The molecule has 7 nitrogen and oxygen atoms in total. The summed E-state index contributed by atoms with van der Waals surface area (Å²) in [5.41, 5.74) is 1.18. The fourth-order valence-corrected chi connectivity index (χ4v) is 2.62. The van der Waals surface area contributed by atoms with E-state index in [1.54, 1.807) is 42.6 Å². The van der Waals surface area contributed by atoms with Crippen LogP contribution >= 0.6 is 11.3 Å². The number of esters is 2. The lowest BCUT2D eigenvalue weighted by Gasteiger charge is -2.08. The van der Waals surface area contributed by atoms with Crippen LogP contribution in [0.4, 0.5) is 15.5 Å². The van der Waals surface area contributed by atoms with Crippen LogP contribution in [0.1, 0.15) is 30.5 Å². The van der Waals surface area contributed by atoms with Gasteiger partial charge in [0.2, 0.25) is 0 Å². The zero-order valence-corrected chi connectivity index (χ0v) is 13.9. The van der Waals surface area contributed by atoms with Gasteiger partial charge in [0.1, 0.15) is 5.00 Å². The van der Waals surface area contributed by atoms with Crippen molar-refractivity contribution in [1.29, 1.82) is 0 Å². The minimum absolute atomic E-state index is 0. The van der Waals surface area contributed by atoms with Crippen LogP contribution < -0.4 is 10.6 Å². The highest BCUT2D eigenvalue weighted by molar-refractivity contribution is 7.14. The van der Waals surface area contributed by atoms with Crippen molar-refractivity contribution in [2.45, 2.75) is 6.92 Å². The van der Waals surface area contributed by atoms with E-state index in [9.17, 15) is 14.4 Å². The van der Waals surface area contributed by atoms with Gasteiger partial charge in [-0.05, 0) is 42.6 Å². The van der Waals surface area contributed by atoms with E-state index in [1.165, 1.54) is 18.4 Å². The van der Waals surface area contributed by atoms with Gasteiger partial charge in [0.15, 0.2) is 0 Å². The largest absolute Gasteiger partial charge is 0.465 e. The van der Waals surface area contributed by atoms with E-state index in [1.807, 2.05) is 0 Å². The van der Waals surface area contributed by atoms with Crippen molar-refractivity contribution in [2.24, 2.45) is 0 Å². The number of carbonyl (C=O) groups excluding carboxylic acids is 3. The molecule has 2 aromatic rings. The van der Waals surface area contributed by atoms with Crippen molar-refractivity contribution in [3.05, 3.63) is 46.8 Å². The number of ether oxygens (including phenoxy) is 2. The lowest BCUT2D eigenvalue weighted by Crippen LogP contribution is -2.20. The second kappa shape index (κ2) is 8.11. The molecular formula is C16H20N2O5S. The Balaban J connectivity index is 0.00000312. The summed E-state index contributed by atoms with van der Waals surface area (Å²) in [5, 5.41) is 7.27. The molecule has 8 heteroatoms. The molecule has 1 aromatic carbocycles. The van der Waals surface area contributed by atoms with E-state index < -0.39 is 18.0 Å². The Morgan fingerprint density at radius 2 is 1.79 bits per heavy atom. The number of nitrogens with one attached hydrogen (secondary N) is 2. The Kier molecular flexibility index (Phi) is 5.91. The predicted molar refractivity (Wildman–Crippen MR) is 94.9 cm³/mol. The fourth-order valence-electron chi connectivity index (χ4n) is 1.85. The lowest BCUT2D eigenvalue weighted by atomic mass is 10.2. The van der Waals surface area contributed by atoms with E-state index >= 15 is 0 Å². The van der Waals surface area contributed by atoms with E-state index in [2.05, 4.69) is 15.4 Å². The Morgan fingerprint density at radius 1 is 1.08 bits per heavy atom. The summed E-state index contributed by atoms with van der Waals surface area (Å²) in [5.74, 6) is -0.944. The van der Waals surface area contributed by atoms with Crippen LogP contribution in [0.5, 0.6) is 0 Å². The first kappa shape index (κ1) is 17.5. The molecule has 2 N–H and O–H groups in total. The quantitative estimate of drug-likeness (QED) is 0.797. The van der Waals surface area contributed by atoms with Gasteiger partial charge in [0.05, 0.1) is 24.8 Å². The maximum Gasteiger partial charge on any atom is 0.340 e. The number of thiophene rings is 1. The van der Waals surface area contributed by atoms with Crippen LogP contribution in [0.15, 0.2) is 35.7 Å². The van der Waals surface area contributed by atoms with Crippen LogP contribution in [-0.2, 0) is 9.47 Å². The molecule has 24 heavy (non-hydrogen) atoms. The summed E-state index contributed by atoms with van der Waals surface area (Å²) in [4.78, 5) is 35.1. The van der Waals surface area contributed by atoms with Crippen molar-refractivity contribution in [2.75, 3.05) is 24.4 Å². The predicted octanol–water partition coefficient (Wildman–Crippen LogP) is 3.85. The molecule has 0 saturated heterocycles. The minimum atomic E-state index is -0.523. The van der Waals surface area contributed by atoms with Gasteiger partial charge >= 0.3 is 18.0 Å². The summed E-state index contributed by atoms with van der Waals surface area (Å²) < 4.78 is 9.53. The number of rotatable bonds is 5. The molecule has 0 aliphatic heterocycles. The molecule has 0 unspecified atom stereocenters. The average molecular weight is 352 g/mol. The molecule has 0 fully saturated rings. The number of urea groups is 1. The third-order valence-electron chi connectivity index (χ3n) is 2.95. The van der Waals surface area contributed by atoms with Gasteiger partial charge in [-0.25, -0.2) is 14.4 Å². The molecule has 0 bridgehead atoms. The molecule has 2 amide bonds. The van der Waals surface area contributed by atoms with Gasteiger partial charge in [0, 0.05) is 8.54 Å². The highest BCUT2D eigenvalue weighted by Crippen LogP contribution is 2.24. The van der Waals surface area contributed by atoms with Crippen LogP contribution in [0.25, 0.3) is 0 Å². The van der Waals surface area contributed by atoms with E-state index in [0.717, 1.165) is 0 Å². The Morgan fingerprint density at radius 3 is 2.42 bits per heavy atom. The molecule has 0 atom stereocenters. The van der Waals surface area contributed by atoms with Crippen molar-refractivity contribution in [1.82, 2.24) is 0 Å². The number of anilines is 2. The SMILES string of the molecule is CCOC(=O)c1ccc(NC(=O)Nc2sccc2C(=O)OC)cc1.[HH].[HH]. The first-order valence-corrected chi connectivity index (χ1v) is 7.94. The lowest BCUT2D eigenvalue weighted by molar-refractivity contribution is 0.0525. The monoisotopic (exact) mass is 352 g/mol. The number of benzene rings is 1. The second-order valence-corrected chi connectivity index (χ2v) is 5.45. The number of hydrogen-bond donors (Lipinski definition) is 2. The van der Waals surface area contributed by atoms with E-state index in [-0.39, 0.29) is 8.42 Å². The normalized spacial score (nSPS) is 9.92. The third kappa shape index (κ3) is 4.32. The van der Waals surface area contributed by atoms with Crippen LogP contribution in [0.2, 0.25) is 0 Å². The molecule has 0 radical (unpaired) electrons. The molecule has 2 rings (SSSR count). The highest BCUT2D eigenvalue weighted by atomic mass is 32.1. The highest BCUT2D eigenvalue weighted by Gasteiger charge is 2.15. The number of carbonyl (C=O) groups is 3. The molecule has 0 aliphatic rings. The van der Waals surface area contributed by atoms with Crippen molar-refractivity contribution >= 4 is 40.0 Å². The fraction of sp³-hybridized carbons (Fsp3) is 0.188. The standard InChI is InChI=1S/C16H16N2O5S.2H2/c1-3-23-14(19)10-4-6-11(7-5-10)17-16(21)18-13-12(8-9-24-13)15(20)22-2;;/h4-9H,3H2,1-2H3,(H2,17,18,21);2*1H. The Hall–Kier alpha value is -2.87. The number of hydrogen-bond acceptors (Lipinski definition) is 6. The smallest absolute Gasteiger partial charge is 0.340 e. The molecule has 1 heterocycles. The van der Waals surface area contributed by atoms with Gasteiger partial charge in [-0.15, -0.1) is 11.3 Å². The van der Waals surface area contributed by atoms with E-state index in [0.29, 0.717) is 22.9 Å². The summed E-state index contributed by atoms with van der Waals surface area (Å²) in [6.45, 7) is 2.02. The van der Waals surface area contributed by atoms with Crippen LogP contribution in [0.3, 0.4) is 0 Å². The topological polar surface area (TPSA) is 93.7 Å². The number of amides is 2. The van der Waals surface area contributed by atoms with Crippen LogP contribution in [0, 0.1) is 0 Å². The maximum atomic E-state index is 12.0. The van der Waals surface area contributed by atoms with Crippen molar-refractivity contribution < 1.29 is 26.7 Å². The summed E-state index contributed by atoms with van der Waals surface area (Å²) >= 11 is 1.21. The molecular weight excluding hydrogens is 332 g/mol. The molecule has 1 aromatic heterocycles. The zero-order valence-electron chi connectivity index (χ0n) is 13.1. The van der Waals surface area contributed by atoms with Crippen LogP contribution in [-0.4, -0.2) is 31.7 Å². The average Bonchev–Trinajstić information content (AvgIpc) is 3.03. The zero-order chi connectivity index (χ0) is 17.5. The van der Waals surface area contributed by atoms with Crippen molar-refractivity contribution in [3.63, 3.8) is 0 Å². The van der Waals surface area contributed by atoms with Gasteiger partial charge in [-0.2, -0.15) is 0 Å². The Labute approximate surface area is 145 Å². The minimum Gasteiger partial charge on any atom is -0.465 e. The number of methoxy groups -OCH3 is 1. The van der Waals surface area contributed by atoms with Gasteiger partial charge in [0.25, 0.3) is 0 Å².